The summed E-state index contributed by atoms with van der Waals surface area (Å²) in [6.45, 7) is 3.26. The van der Waals surface area contributed by atoms with Crippen LogP contribution in [0, 0.1) is 6.92 Å². The largest absolute Gasteiger partial charge is 0.348 e. The molecule has 124 valence electrons. The number of aromatic nitrogens is 1. The van der Waals surface area contributed by atoms with E-state index in [0.29, 0.717) is 18.8 Å². The van der Waals surface area contributed by atoms with Gasteiger partial charge in [0.1, 0.15) is 5.69 Å². The summed E-state index contributed by atoms with van der Waals surface area (Å²) in [5, 5.41) is 3.01. The monoisotopic (exact) mass is 323 g/mol. The summed E-state index contributed by atoms with van der Waals surface area (Å²) < 4.78 is 0. The van der Waals surface area contributed by atoms with Crippen molar-refractivity contribution in [2.45, 2.75) is 25.8 Å². The van der Waals surface area contributed by atoms with E-state index in [1.54, 1.807) is 24.4 Å². The van der Waals surface area contributed by atoms with Crippen LogP contribution in [-0.4, -0.2) is 40.8 Å². The number of piperidine rings is 1. The molecule has 2 amide bonds. The van der Waals surface area contributed by atoms with Crippen LogP contribution in [0.25, 0.3) is 0 Å². The summed E-state index contributed by atoms with van der Waals surface area (Å²) in [5.41, 5.74) is 2.18. The lowest BCUT2D eigenvalue weighted by Gasteiger charge is -2.32. The highest BCUT2D eigenvalue weighted by atomic mass is 16.2. The molecule has 24 heavy (non-hydrogen) atoms. The fourth-order valence-corrected chi connectivity index (χ4v) is 2.97. The molecular formula is C19H21N3O2. The Morgan fingerprint density at radius 2 is 1.79 bits per heavy atom. The summed E-state index contributed by atoms with van der Waals surface area (Å²) >= 11 is 0. The van der Waals surface area contributed by atoms with Crippen molar-refractivity contribution < 1.29 is 9.59 Å². The van der Waals surface area contributed by atoms with E-state index >= 15 is 0 Å². The first-order valence-corrected chi connectivity index (χ1v) is 8.22. The van der Waals surface area contributed by atoms with Crippen molar-refractivity contribution in [3.05, 3.63) is 65.5 Å². The number of rotatable bonds is 3. The third-order valence-corrected chi connectivity index (χ3v) is 4.39. The maximum Gasteiger partial charge on any atom is 0.270 e. The van der Waals surface area contributed by atoms with Gasteiger partial charge in [-0.3, -0.25) is 14.6 Å². The standard InChI is InChI=1S/C19H21N3O2/c1-14-6-2-3-7-16(14)19(24)22-12-9-15(10-13-22)21-18(23)17-8-4-5-11-20-17/h2-8,11,15H,9-10,12-13H2,1H3,(H,21,23). The van der Waals surface area contributed by atoms with Gasteiger partial charge in [0.25, 0.3) is 11.8 Å². The van der Waals surface area contributed by atoms with E-state index in [1.807, 2.05) is 36.1 Å². The van der Waals surface area contributed by atoms with E-state index in [0.717, 1.165) is 24.0 Å². The van der Waals surface area contributed by atoms with Gasteiger partial charge in [-0.05, 0) is 43.5 Å². The van der Waals surface area contributed by atoms with Crippen LogP contribution in [0.4, 0.5) is 0 Å². The minimum atomic E-state index is -0.153. The molecule has 1 aromatic carbocycles. The topological polar surface area (TPSA) is 62.3 Å². The van der Waals surface area contributed by atoms with Crippen molar-refractivity contribution in [2.75, 3.05) is 13.1 Å². The van der Waals surface area contributed by atoms with Gasteiger partial charge in [-0.15, -0.1) is 0 Å². The second kappa shape index (κ2) is 7.25. The van der Waals surface area contributed by atoms with Gasteiger partial charge in [-0.25, -0.2) is 0 Å². The Morgan fingerprint density at radius 1 is 1.08 bits per heavy atom. The molecule has 5 heteroatoms. The van der Waals surface area contributed by atoms with Crippen LogP contribution in [-0.2, 0) is 0 Å². The summed E-state index contributed by atoms with van der Waals surface area (Å²) in [7, 11) is 0. The minimum Gasteiger partial charge on any atom is -0.348 e. The Morgan fingerprint density at radius 3 is 2.46 bits per heavy atom. The van der Waals surface area contributed by atoms with Crippen LogP contribution in [0.15, 0.2) is 48.7 Å². The molecule has 0 saturated carbocycles. The molecule has 0 atom stereocenters. The quantitative estimate of drug-likeness (QED) is 0.943. The van der Waals surface area contributed by atoms with Gasteiger partial charge >= 0.3 is 0 Å². The molecule has 0 radical (unpaired) electrons. The molecule has 0 bridgehead atoms. The molecule has 1 aliphatic heterocycles. The number of amides is 2. The Hall–Kier alpha value is -2.69. The number of nitrogens with one attached hydrogen (secondary N) is 1. The van der Waals surface area contributed by atoms with Gasteiger partial charge in [0.15, 0.2) is 0 Å². The second-order valence-electron chi connectivity index (χ2n) is 6.07. The number of hydrogen-bond donors (Lipinski definition) is 1. The van der Waals surface area contributed by atoms with Gasteiger partial charge in [0.2, 0.25) is 0 Å². The lowest BCUT2D eigenvalue weighted by molar-refractivity contribution is 0.0697. The third kappa shape index (κ3) is 3.62. The summed E-state index contributed by atoms with van der Waals surface area (Å²) in [6.07, 6.45) is 3.13. The third-order valence-electron chi connectivity index (χ3n) is 4.39. The van der Waals surface area contributed by atoms with E-state index in [4.69, 9.17) is 0 Å². The lowest BCUT2D eigenvalue weighted by atomic mass is 10.0. The van der Waals surface area contributed by atoms with Crippen molar-refractivity contribution in [3.63, 3.8) is 0 Å². The van der Waals surface area contributed by atoms with Gasteiger partial charge in [-0.1, -0.05) is 24.3 Å². The van der Waals surface area contributed by atoms with Crippen molar-refractivity contribution >= 4 is 11.8 Å². The van der Waals surface area contributed by atoms with Crippen LogP contribution < -0.4 is 5.32 Å². The van der Waals surface area contributed by atoms with Gasteiger partial charge < -0.3 is 10.2 Å². The fraction of sp³-hybridized carbons (Fsp3) is 0.316. The number of hydrogen-bond acceptors (Lipinski definition) is 3. The van der Waals surface area contributed by atoms with Crippen molar-refractivity contribution in [1.29, 1.82) is 0 Å². The maximum atomic E-state index is 12.6. The van der Waals surface area contributed by atoms with Crippen molar-refractivity contribution in [3.8, 4) is 0 Å². The number of likely N-dealkylation sites (tertiary alicyclic amines) is 1. The predicted octanol–water partition coefficient (Wildman–Crippen LogP) is 2.42. The maximum absolute atomic E-state index is 12.6. The number of carbonyl (C=O) groups excluding carboxylic acids is 2. The number of benzene rings is 1. The van der Waals surface area contributed by atoms with Gasteiger partial charge in [0, 0.05) is 30.9 Å². The highest BCUT2D eigenvalue weighted by Crippen LogP contribution is 2.16. The molecule has 3 rings (SSSR count). The van der Waals surface area contributed by atoms with Crippen LogP contribution >= 0.6 is 0 Å². The number of carbonyl (C=O) groups is 2. The zero-order valence-electron chi connectivity index (χ0n) is 13.7. The van der Waals surface area contributed by atoms with E-state index in [2.05, 4.69) is 10.3 Å². The molecule has 2 aromatic rings. The molecule has 1 aromatic heterocycles. The van der Waals surface area contributed by atoms with Gasteiger partial charge in [-0.2, -0.15) is 0 Å². The Labute approximate surface area is 141 Å². The zero-order chi connectivity index (χ0) is 16.9. The normalized spacial score (nSPS) is 15.1. The summed E-state index contributed by atoms with van der Waals surface area (Å²) in [4.78, 5) is 30.7. The number of pyridine rings is 1. The van der Waals surface area contributed by atoms with E-state index in [9.17, 15) is 9.59 Å². The summed E-state index contributed by atoms with van der Waals surface area (Å²) in [5.74, 6) is -0.0816. The molecule has 5 nitrogen and oxygen atoms in total. The Kier molecular flexibility index (Phi) is 4.89. The average molecular weight is 323 g/mol. The van der Waals surface area contributed by atoms with Gasteiger partial charge in [0.05, 0.1) is 0 Å². The molecular weight excluding hydrogens is 302 g/mol. The van der Waals surface area contributed by atoms with Crippen LogP contribution in [0.2, 0.25) is 0 Å². The molecule has 1 fully saturated rings. The Balaban J connectivity index is 1.55. The molecule has 1 aliphatic rings. The molecule has 0 spiro atoms. The predicted molar refractivity (Wildman–Crippen MR) is 91.8 cm³/mol. The zero-order valence-corrected chi connectivity index (χ0v) is 13.7. The average Bonchev–Trinajstić information content (AvgIpc) is 2.63. The van der Waals surface area contributed by atoms with Crippen LogP contribution in [0.3, 0.4) is 0 Å². The minimum absolute atomic E-state index is 0.0719. The highest BCUT2D eigenvalue weighted by Gasteiger charge is 2.25. The highest BCUT2D eigenvalue weighted by molar-refractivity contribution is 5.95. The fourth-order valence-electron chi connectivity index (χ4n) is 2.97. The molecule has 0 unspecified atom stereocenters. The molecule has 2 heterocycles. The first kappa shape index (κ1) is 16.2. The number of aryl methyl sites for hydroxylation is 1. The smallest absolute Gasteiger partial charge is 0.270 e. The van der Waals surface area contributed by atoms with Crippen LogP contribution in [0.1, 0.15) is 39.3 Å². The second-order valence-corrected chi connectivity index (χ2v) is 6.07. The molecule has 1 saturated heterocycles. The Bertz CT molecular complexity index is 722. The van der Waals surface area contributed by atoms with E-state index in [1.165, 1.54) is 0 Å². The van der Waals surface area contributed by atoms with Crippen LogP contribution in [0.5, 0.6) is 0 Å². The lowest BCUT2D eigenvalue weighted by Crippen LogP contribution is -2.46. The van der Waals surface area contributed by atoms with E-state index in [-0.39, 0.29) is 17.9 Å². The number of nitrogens with zero attached hydrogens (tertiary/aromatic N) is 2. The molecule has 1 N–H and O–H groups in total. The molecule has 0 aliphatic carbocycles. The first-order valence-electron chi connectivity index (χ1n) is 8.22. The van der Waals surface area contributed by atoms with Crippen molar-refractivity contribution in [1.82, 2.24) is 15.2 Å². The summed E-state index contributed by atoms with van der Waals surface area (Å²) in [6, 6.07) is 13.0. The SMILES string of the molecule is Cc1ccccc1C(=O)N1CCC(NC(=O)c2ccccn2)CC1. The van der Waals surface area contributed by atoms with E-state index < -0.39 is 0 Å². The van der Waals surface area contributed by atoms with Crippen molar-refractivity contribution in [2.24, 2.45) is 0 Å². The first-order chi connectivity index (χ1) is 11.6.